The lowest BCUT2D eigenvalue weighted by atomic mass is 10.0. The number of halogens is 2. The van der Waals surface area contributed by atoms with Crippen molar-refractivity contribution in [2.45, 2.75) is 32.2 Å². The number of carbonyl (C=O) groups excluding carboxylic acids is 1. The van der Waals surface area contributed by atoms with Crippen LogP contribution in [0.3, 0.4) is 0 Å². The Kier molecular flexibility index (Phi) is 5.37. The molecule has 20 heavy (non-hydrogen) atoms. The quantitative estimate of drug-likeness (QED) is 0.804. The molecular weight excluding hydrogens is 370 g/mol. The van der Waals surface area contributed by atoms with E-state index in [1.54, 1.807) is 6.07 Å². The van der Waals surface area contributed by atoms with Gasteiger partial charge in [0.15, 0.2) is 0 Å². The van der Waals surface area contributed by atoms with Crippen LogP contribution in [-0.2, 0) is 0 Å². The maximum absolute atomic E-state index is 13.2. The van der Waals surface area contributed by atoms with Crippen molar-refractivity contribution in [1.82, 2.24) is 4.90 Å². The molecule has 1 aromatic rings. The van der Waals surface area contributed by atoms with Crippen LogP contribution >= 0.6 is 22.6 Å². The second-order valence-electron chi connectivity index (χ2n) is 5.21. The van der Waals surface area contributed by atoms with E-state index in [-0.39, 0.29) is 17.8 Å². The van der Waals surface area contributed by atoms with Crippen LogP contribution in [-0.4, -0.2) is 29.9 Å². The van der Waals surface area contributed by atoms with Gasteiger partial charge in [0.05, 0.1) is 5.56 Å². The monoisotopic (exact) mass is 390 g/mol. The summed E-state index contributed by atoms with van der Waals surface area (Å²) in [5.74, 6) is 0.0639. The van der Waals surface area contributed by atoms with E-state index < -0.39 is 0 Å². The van der Waals surface area contributed by atoms with E-state index in [0.717, 1.165) is 19.3 Å². The molecule has 0 radical (unpaired) electrons. The normalized spacial score (nSPS) is 22.0. The molecule has 5 heteroatoms. The van der Waals surface area contributed by atoms with Crippen LogP contribution in [0.4, 0.5) is 4.39 Å². The van der Waals surface area contributed by atoms with Crippen LogP contribution in [0.15, 0.2) is 18.2 Å². The van der Waals surface area contributed by atoms with Gasteiger partial charge in [-0.15, -0.1) is 0 Å². The van der Waals surface area contributed by atoms with Crippen molar-refractivity contribution < 1.29 is 9.18 Å². The molecule has 1 saturated carbocycles. The minimum atomic E-state index is -0.310. The van der Waals surface area contributed by atoms with Gasteiger partial charge in [0.1, 0.15) is 5.82 Å². The maximum Gasteiger partial charge on any atom is 0.255 e. The molecule has 2 rings (SSSR count). The van der Waals surface area contributed by atoms with Crippen LogP contribution in [0.5, 0.6) is 0 Å². The van der Waals surface area contributed by atoms with Gasteiger partial charge in [-0.05, 0) is 73.0 Å². The van der Waals surface area contributed by atoms with Crippen molar-refractivity contribution in [3.8, 4) is 0 Å². The number of hydrogen-bond acceptors (Lipinski definition) is 2. The fourth-order valence-corrected chi connectivity index (χ4v) is 3.76. The topological polar surface area (TPSA) is 46.3 Å². The predicted molar refractivity (Wildman–Crippen MR) is 86.0 cm³/mol. The first-order valence-corrected chi connectivity index (χ1v) is 8.12. The molecular formula is C15H20FIN2O. The van der Waals surface area contributed by atoms with Crippen molar-refractivity contribution in [3.63, 3.8) is 0 Å². The van der Waals surface area contributed by atoms with Crippen LogP contribution in [0.1, 0.15) is 36.5 Å². The summed E-state index contributed by atoms with van der Waals surface area (Å²) in [5, 5.41) is 0. The smallest absolute Gasteiger partial charge is 0.255 e. The highest BCUT2D eigenvalue weighted by Crippen LogP contribution is 2.30. The average Bonchev–Trinajstić information content (AvgIpc) is 2.87. The van der Waals surface area contributed by atoms with Crippen LogP contribution < -0.4 is 5.73 Å². The minimum absolute atomic E-state index is 0.0118. The van der Waals surface area contributed by atoms with Gasteiger partial charge in [0.25, 0.3) is 5.91 Å². The van der Waals surface area contributed by atoms with E-state index in [1.807, 2.05) is 34.4 Å². The summed E-state index contributed by atoms with van der Waals surface area (Å²) < 4.78 is 13.8. The van der Waals surface area contributed by atoms with E-state index in [9.17, 15) is 9.18 Å². The van der Waals surface area contributed by atoms with Crippen molar-refractivity contribution in [1.29, 1.82) is 0 Å². The summed E-state index contributed by atoms with van der Waals surface area (Å²) in [7, 11) is 0. The Morgan fingerprint density at radius 3 is 2.85 bits per heavy atom. The summed E-state index contributed by atoms with van der Waals surface area (Å²) >= 11 is 2.02. The number of benzene rings is 1. The van der Waals surface area contributed by atoms with Crippen LogP contribution in [0.2, 0.25) is 0 Å². The second kappa shape index (κ2) is 6.85. The predicted octanol–water partition coefficient (Wildman–Crippen LogP) is 3.02. The average molecular weight is 390 g/mol. The first-order valence-electron chi connectivity index (χ1n) is 7.04. The maximum atomic E-state index is 13.2. The molecule has 0 bridgehead atoms. The molecule has 2 atom stereocenters. The molecule has 0 aromatic heterocycles. The molecule has 1 aliphatic carbocycles. The van der Waals surface area contributed by atoms with Crippen molar-refractivity contribution in [2.24, 2.45) is 11.7 Å². The lowest BCUT2D eigenvalue weighted by Crippen LogP contribution is -2.44. The van der Waals surface area contributed by atoms with Gasteiger partial charge in [0, 0.05) is 16.2 Å². The van der Waals surface area contributed by atoms with Gasteiger partial charge in [-0.25, -0.2) is 4.39 Å². The zero-order chi connectivity index (χ0) is 14.7. The van der Waals surface area contributed by atoms with Crippen molar-refractivity contribution in [2.75, 3.05) is 13.1 Å². The van der Waals surface area contributed by atoms with Gasteiger partial charge in [-0.1, -0.05) is 6.42 Å². The molecule has 0 heterocycles. The summed E-state index contributed by atoms with van der Waals surface area (Å²) in [6, 6.07) is 4.54. The van der Waals surface area contributed by atoms with Crippen molar-refractivity contribution in [3.05, 3.63) is 33.1 Å². The van der Waals surface area contributed by atoms with Gasteiger partial charge in [-0.3, -0.25) is 4.79 Å². The van der Waals surface area contributed by atoms with E-state index >= 15 is 0 Å². The largest absolute Gasteiger partial charge is 0.336 e. The summed E-state index contributed by atoms with van der Waals surface area (Å²) in [5.41, 5.74) is 6.40. The Morgan fingerprint density at radius 1 is 1.50 bits per heavy atom. The Hall–Kier alpha value is -0.690. The highest BCUT2D eigenvalue weighted by Gasteiger charge is 2.33. The SMILES string of the molecule is CCN(C(=O)c1ccc(F)cc1I)C1CCCC1CN. The fourth-order valence-electron chi connectivity index (χ4n) is 3.05. The van der Waals surface area contributed by atoms with Gasteiger partial charge in [0.2, 0.25) is 0 Å². The summed E-state index contributed by atoms with van der Waals surface area (Å²) in [6.07, 6.45) is 3.22. The highest BCUT2D eigenvalue weighted by atomic mass is 127. The molecule has 3 nitrogen and oxygen atoms in total. The Balaban J connectivity index is 2.24. The minimum Gasteiger partial charge on any atom is -0.336 e. The number of amides is 1. The van der Waals surface area contributed by atoms with Crippen molar-refractivity contribution >= 4 is 28.5 Å². The molecule has 0 spiro atoms. The molecule has 2 N–H and O–H groups in total. The van der Waals surface area contributed by atoms with Gasteiger partial charge < -0.3 is 10.6 Å². The van der Waals surface area contributed by atoms with E-state index in [2.05, 4.69) is 0 Å². The lowest BCUT2D eigenvalue weighted by molar-refractivity contribution is 0.0651. The molecule has 110 valence electrons. The molecule has 1 amide bonds. The third-order valence-electron chi connectivity index (χ3n) is 4.09. The molecule has 1 fully saturated rings. The molecule has 1 aliphatic rings. The summed E-state index contributed by atoms with van der Waals surface area (Å²) in [4.78, 5) is 14.6. The molecule has 0 aliphatic heterocycles. The standard InChI is InChI=1S/C15H20FIN2O/c1-2-19(14-5-3-4-10(14)9-18)15(20)12-7-6-11(16)8-13(12)17/h6-8,10,14H,2-5,9,18H2,1H3. The fraction of sp³-hybridized carbons (Fsp3) is 0.533. The Labute approximate surface area is 132 Å². The van der Waals surface area contributed by atoms with Crippen LogP contribution in [0, 0.1) is 15.3 Å². The summed E-state index contributed by atoms with van der Waals surface area (Å²) in [6.45, 7) is 3.27. The number of nitrogens with two attached hydrogens (primary N) is 1. The Morgan fingerprint density at radius 2 is 2.25 bits per heavy atom. The Bertz CT molecular complexity index is 495. The number of hydrogen-bond donors (Lipinski definition) is 1. The van der Waals surface area contributed by atoms with E-state index in [0.29, 0.717) is 28.1 Å². The lowest BCUT2D eigenvalue weighted by Gasteiger charge is -2.32. The second-order valence-corrected chi connectivity index (χ2v) is 6.37. The van der Waals surface area contributed by atoms with E-state index in [1.165, 1.54) is 12.1 Å². The highest BCUT2D eigenvalue weighted by molar-refractivity contribution is 14.1. The zero-order valence-electron chi connectivity index (χ0n) is 11.6. The van der Waals surface area contributed by atoms with Gasteiger partial charge >= 0.3 is 0 Å². The molecule has 2 unspecified atom stereocenters. The number of carbonyl (C=O) groups is 1. The van der Waals surface area contributed by atoms with Gasteiger partial charge in [-0.2, -0.15) is 0 Å². The third kappa shape index (κ3) is 3.14. The first kappa shape index (κ1) is 15.7. The zero-order valence-corrected chi connectivity index (χ0v) is 13.8. The van der Waals surface area contributed by atoms with E-state index in [4.69, 9.17) is 5.73 Å². The van der Waals surface area contributed by atoms with Crippen LogP contribution in [0.25, 0.3) is 0 Å². The number of nitrogens with zero attached hydrogens (tertiary/aromatic N) is 1. The third-order valence-corrected chi connectivity index (χ3v) is 4.98. The first-order chi connectivity index (χ1) is 9.58. The molecule has 1 aromatic carbocycles. The molecule has 0 saturated heterocycles. The number of rotatable bonds is 4.